The molecule has 0 aromatic rings. The first-order chi connectivity index (χ1) is 14.9. The monoisotopic (exact) mass is 432 g/mol. The van der Waals surface area contributed by atoms with Crippen LogP contribution in [-0.2, 0) is 9.47 Å². The van der Waals surface area contributed by atoms with Crippen LogP contribution in [0.2, 0.25) is 0 Å². The van der Waals surface area contributed by atoms with Gasteiger partial charge >= 0.3 is 0 Å². The lowest BCUT2D eigenvalue weighted by Gasteiger charge is -2.59. The van der Waals surface area contributed by atoms with E-state index in [9.17, 15) is 10.2 Å². The average molecular weight is 433 g/mol. The third kappa shape index (κ3) is 3.74. The van der Waals surface area contributed by atoms with E-state index in [-0.39, 0.29) is 23.2 Å². The molecule has 176 valence electrons. The first-order valence-corrected chi connectivity index (χ1v) is 13.2. The molecule has 8 atom stereocenters. The quantitative estimate of drug-likeness (QED) is 0.453. The Hall–Kier alpha value is -0.420. The number of aliphatic hydroxyl groups excluding tert-OH is 1. The topological polar surface area (TPSA) is 58.9 Å². The highest BCUT2D eigenvalue weighted by molar-refractivity contribution is 5.26. The van der Waals surface area contributed by atoms with E-state index in [0.717, 1.165) is 76.7 Å². The summed E-state index contributed by atoms with van der Waals surface area (Å²) in [6, 6.07) is 0. The normalized spacial score (nSPS) is 49.7. The maximum absolute atomic E-state index is 11.9. The van der Waals surface area contributed by atoms with Gasteiger partial charge in [-0.3, -0.25) is 0 Å². The minimum Gasteiger partial charge on any atom is -0.393 e. The van der Waals surface area contributed by atoms with Gasteiger partial charge in [0, 0.05) is 13.2 Å². The van der Waals surface area contributed by atoms with Crippen LogP contribution in [0.1, 0.15) is 97.3 Å². The van der Waals surface area contributed by atoms with E-state index in [0.29, 0.717) is 18.4 Å². The number of hydrogen-bond donors (Lipinski definition) is 2. The highest BCUT2D eigenvalue weighted by Gasteiger charge is 2.63. The Morgan fingerprint density at radius 2 is 1.90 bits per heavy atom. The summed E-state index contributed by atoms with van der Waals surface area (Å²) < 4.78 is 11.7. The van der Waals surface area contributed by atoms with Gasteiger partial charge < -0.3 is 19.7 Å². The van der Waals surface area contributed by atoms with Crippen LogP contribution in [0, 0.1) is 28.6 Å². The molecule has 4 nitrogen and oxygen atoms in total. The second-order valence-corrected chi connectivity index (χ2v) is 12.0. The number of allylic oxidation sites excluding steroid dienone is 1. The van der Waals surface area contributed by atoms with Gasteiger partial charge in [0.1, 0.15) is 0 Å². The largest absolute Gasteiger partial charge is 0.393 e. The van der Waals surface area contributed by atoms with Crippen LogP contribution < -0.4 is 0 Å². The molecule has 0 amide bonds. The van der Waals surface area contributed by atoms with E-state index < -0.39 is 5.60 Å². The van der Waals surface area contributed by atoms with Crippen molar-refractivity contribution in [2.45, 2.75) is 115 Å². The molecule has 1 saturated heterocycles. The molecule has 5 aliphatic rings. The smallest absolute Gasteiger partial charge is 0.157 e. The Balaban J connectivity index is 1.24. The van der Waals surface area contributed by atoms with Gasteiger partial charge in [0.25, 0.3) is 0 Å². The zero-order valence-corrected chi connectivity index (χ0v) is 19.8. The Bertz CT molecular complexity index is 685. The van der Waals surface area contributed by atoms with Gasteiger partial charge in [-0.05, 0) is 112 Å². The number of hydrogen-bond acceptors (Lipinski definition) is 4. The molecule has 0 aromatic heterocycles. The van der Waals surface area contributed by atoms with Crippen molar-refractivity contribution >= 4 is 0 Å². The van der Waals surface area contributed by atoms with E-state index in [1.807, 2.05) is 0 Å². The van der Waals surface area contributed by atoms with Gasteiger partial charge in [-0.2, -0.15) is 0 Å². The lowest BCUT2D eigenvalue weighted by molar-refractivity contribution is -0.168. The number of ether oxygens (including phenoxy) is 2. The SMILES string of the molecule is C[C@]12CCC(O)CC1=CC[C@@H]1[C@H]2CC[C@@]2(C)[C@H]1CCC2(O)CCCOC1CCCCO1. The molecular weight excluding hydrogens is 388 g/mol. The van der Waals surface area contributed by atoms with Crippen LogP contribution in [0.25, 0.3) is 0 Å². The van der Waals surface area contributed by atoms with Crippen LogP contribution in [0.5, 0.6) is 0 Å². The van der Waals surface area contributed by atoms with Crippen LogP contribution in [0.4, 0.5) is 0 Å². The molecule has 3 unspecified atom stereocenters. The summed E-state index contributed by atoms with van der Waals surface area (Å²) in [4.78, 5) is 0. The van der Waals surface area contributed by atoms with E-state index in [2.05, 4.69) is 19.9 Å². The molecule has 5 rings (SSSR count). The minimum absolute atomic E-state index is 0.0243. The lowest BCUT2D eigenvalue weighted by atomic mass is 9.47. The van der Waals surface area contributed by atoms with Gasteiger partial charge in [0.05, 0.1) is 11.7 Å². The first-order valence-electron chi connectivity index (χ1n) is 13.2. The van der Waals surface area contributed by atoms with Crippen molar-refractivity contribution in [2.75, 3.05) is 13.2 Å². The molecule has 4 heteroatoms. The summed E-state index contributed by atoms with van der Waals surface area (Å²) in [5.41, 5.74) is 1.29. The maximum Gasteiger partial charge on any atom is 0.157 e. The van der Waals surface area contributed by atoms with Gasteiger partial charge in [-0.1, -0.05) is 25.5 Å². The summed E-state index contributed by atoms with van der Waals surface area (Å²) in [5, 5.41) is 22.1. The zero-order chi connectivity index (χ0) is 21.7. The van der Waals surface area contributed by atoms with Gasteiger partial charge in [-0.15, -0.1) is 0 Å². The van der Waals surface area contributed by atoms with Crippen molar-refractivity contribution in [3.05, 3.63) is 11.6 Å². The third-order valence-corrected chi connectivity index (χ3v) is 10.6. The molecule has 1 heterocycles. The Morgan fingerprint density at radius 3 is 2.71 bits per heavy atom. The molecule has 4 fully saturated rings. The zero-order valence-electron chi connectivity index (χ0n) is 19.8. The predicted octanol–water partition coefficient (Wildman–Crippen LogP) is 5.36. The fourth-order valence-corrected chi connectivity index (χ4v) is 8.58. The van der Waals surface area contributed by atoms with Crippen molar-refractivity contribution in [3.8, 4) is 0 Å². The minimum atomic E-state index is -0.549. The van der Waals surface area contributed by atoms with Crippen LogP contribution in [0.15, 0.2) is 11.6 Å². The van der Waals surface area contributed by atoms with Gasteiger partial charge in [-0.25, -0.2) is 0 Å². The van der Waals surface area contributed by atoms with Crippen molar-refractivity contribution < 1.29 is 19.7 Å². The average Bonchev–Trinajstić information content (AvgIpc) is 3.04. The molecule has 0 bridgehead atoms. The van der Waals surface area contributed by atoms with Crippen LogP contribution >= 0.6 is 0 Å². The standard InChI is InChI=1S/C27H44O4/c1-25-13-9-20(28)18-19(25)7-8-21-22(25)10-14-26(2)23(21)11-15-27(26,29)12-5-17-31-24-6-3-4-16-30-24/h7,20-24,28-29H,3-6,8-18H2,1-2H3/t20?,21-,22-,23+,24?,25+,26+,27?/m1/s1. The van der Waals surface area contributed by atoms with Crippen molar-refractivity contribution in [1.29, 1.82) is 0 Å². The number of aliphatic hydroxyl groups is 2. The van der Waals surface area contributed by atoms with Crippen molar-refractivity contribution in [3.63, 3.8) is 0 Å². The highest BCUT2D eigenvalue weighted by Crippen LogP contribution is 2.67. The summed E-state index contributed by atoms with van der Waals surface area (Å²) in [6.45, 7) is 6.41. The molecular formula is C27H44O4. The summed E-state index contributed by atoms with van der Waals surface area (Å²) in [5.74, 6) is 2.05. The predicted molar refractivity (Wildman–Crippen MR) is 121 cm³/mol. The molecule has 3 saturated carbocycles. The second kappa shape index (κ2) is 8.42. The van der Waals surface area contributed by atoms with Crippen LogP contribution in [-0.4, -0.2) is 41.4 Å². The number of rotatable bonds is 5. The molecule has 4 aliphatic carbocycles. The molecule has 0 radical (unpaired) electrons. The molecule has 1 aliphatic heterocycles. The lowest BCUT2D eigenvalue weighted by Crippen LogP contribution is -2.54. The Kier molecular flexibility index (Phi) is 6.07. The molecule has 0 aromatic carbocycles. The fourth-order valence-electron chi connectivity index (χ4n) is 8.58. The highest BCUT2D eigenvalue weighted by atomic mass is 16.7. The summed E-state index contributed by atoms with van der Waals surface area (Å²) in [7, 11) is 0. The van der Waals surface area contributed by atoms with E-state index in [4.69, 9.17) is 9.47 Å². The summed E-state index contributed by atoms with van der Waals surface area (Å²) in [6.07, 6.45) is 16.1. The Morgan fingerprint density at radius 1 is 1.06 bits per heavy atom. The van der Waals surface area contributed by atoms with E-state index in [1.165, 1.54) is 24.8 Å². The molecule has 0 spiro atoms. The maximum atomic E-state index is 11.9. The third-order valence-electron chi connectivity index (χ3n) is 10.6. The van der Waals surface area contributed by atoms with E-state index in [1.54, 1.807) is 0 Å². The second-order valence-electron chi connectivity index (χ2n) is 12.0. The summed E-state index contributed by atoms with van der Waals surface area (Å²) >= 11 is 0. The number of fused-ring (bicyclic) bond motifs is 5. The first kappa shape index (κ1) is 22.4. The fraction of sp³-hybridized carbons (Fsp3) is 0.926. The van der Waals surface area contributed by atoms with Gasteiger partial charge in [0.2, 0.25) is 0 Å². The van der Waals surface area contributed by atoms with Crippen LogP contribution in [0.3, 0.4) is 0 Å². The van der Waals surface area contributed by atoms with Crippen molar-refractivity contribution in [2.24, 2.45) is 28.6 Å². The Labute approximate surface area is 188 Å². The molecule has 2 N–H and O–H groups in total. The van der Waals surface area contributed by atoms with Gasteiger partial charge in [0.15, 0.2) is 6.29 Å². The van der Waals surface area contributed by atoms with Crippen molar-refractivity contribution in [1.82, 2.24) is 0 Å². The molecule has 31 heavy (non-hydrogen) atoms. The van der Waals surface area contributed by atoms with E-state index >= 15 is 0 Å².